The largest absolute Gasteiger partial charge is 0.497 e. The fourth-order valence-electron chi connectivity index (χ4n) is 3.84. The molecule has 1 aliphatic rings. The number of benzene rings is 1. The van der Waals surface area contributed by atoms with Gasteiger partial charge >= 0.3 is 5.97 Å². The van der Waals surface area contributed by atoms with E-state index < -0.39 is 11.4 Å². The second-order valence-corrected chi connectivity index (χ2v) is 7.34. The number of methoxy groups -OCH3 is 1. The predicted octanol–water partition coefficient (Wildman–Crippen LogP) is 3.31. The van der Waals surface area contributed by atoms with E-state index in [1.54, 1.807) is 18.9 Å². The Labute approximate surface area is 153 Å². The highest BCUT2D eigenvalue weighted by Gasteiger charge is 2.43. The monoisotopic (exact) mass is 358 g/mol. The molecule has 0 spiro atoms. The van der Waals surface area contributed by atoms with Gasteiger partial charge in [0.25, 0.3) is 5.91 Å². The number of carboxylic acids is 1. The number of ether oxygens (including phenoxy) is 1. The third-order valence-corrected chi connectivity index (χ3v) is 5.47. The molecule has 3 rings (SSSR count). The SMILES string of the molecule is CCCn1c(C)c(C(=O)N2CCC(C)(C(=O)O)C2)c2cc(OC)ccc21. The van der Waals surface area contributed by atoms with E-state index in [0.717, 1.165) is 29.6 Å². The topological polar surface area (TPSA) is 71.8 Å². The van der Waals surface area contributed by atoms with Gasteiger partial charge in [0.2, 0.25) is 0 Å². The van der Waals surface area contributed by atoms with Crippen LogP contribution in [-0.2, 0) is 11.3 Å². The van der Waals surface area contributed by atoms with Crippen LogP contribution in [0.1, 0.15) is 42.7 Å². The molecule has 1 aromatic carbocycles. The molecule has 1 aliphatic heterocycles. The van der Waals surface area contributed by atoms with E-state index in [9.17, 15) is 14.7 Å². The average molecular weight is 358 g/mol. The Balaban J connectivity index is 2.07. The number of rotatable bonds is 5. The van der Waals surface area contributed by atoms with Crippen LogP contribution in [0.25, 0.3) is 10.9 Å². The molecule has 0 radical (unpaired) electrons. The molecule has 1 aromatic heterocycles. The third-order valence-electron chi connectivity index (χ3n) is 5.47. The molecule has 140 valence electrons. The van der Waals surface area contributed by atoms with Gasteiger partial charge in [-0.3, -0.25) is 9.59 Å². The quantitative estimate of drug-likeness (QED) is 0.890. The number of amides is 1. The Kier molecular flexibility index (Phi) is 4.69. The summed E-state index contributed by atoms with van der Waals surface area (Å²) in [6, 6.07) is 5.78. The maximum atomic E-state index is 13.3. The number of aryl methyl sites for hydroxylation is 1. The summed E-state index contributed by atoms with van der Waals surface area (Å²) in [4.78, 5) is 26.5. The van der Waals surface area contributed by atoms with Gasteiger partial charge in [-0.05, 0) is 44.9 Å². The highest BCUT2D eigenvalue weighted by Crippen LogP contribution is 2.35. The fourth-order valence-corrected chi connectivity index (χ4v) is 3.84. The molecule has 1 atom stereocenters. The standard InChI is InChI=1S/C20H26N2O4/c1-5-9-22-13(2)17(15-11-14(26-4)6-7-16(15)22)18(23)21-10-8-20(3,12-21)19(24)25/h6-7,11H,5,8-10,12H2,1-4H3,(H,24,25). The van der Waals surface area contributed by atoms with Gasteiger partial charge in [0, 0.05) is 36.2 Å². The van der Waals surface area contributed by atoms with Crippen LogP contribution in [0.4, 0.5) is 0 Å². The number of likely N-dealkylation sites (tertiary alicyclic amines) is 1. The number of hydrogen-bond donors (Lipinski definition) is 1. The number of carboxylic acid groups (broad SMARTS) is 1. The van der Waals surface area contributed by atoms with Gasteiger partial charge in [0.05, 0.1) is 18.1 Å². The lowest BCUT2D eigenvalue weighted by Gasteiger charge is -2.20. The highest BCUT2D eigenvalue weighted by atomic mass is 16.5. The molecule has 1 amide bonds. The van der Waals surface area contributed by atoms with Crippen molar-refractivity contribution in [2.75, 3.05) is 20.2 Å². The zero-order valence-corrected chi connectivity index (χ0v) is 15.8. The van der Waals surface area contributed by atoms with Gasteiger partial charge in [0.1, 0.15) is 5.75 Å². The van der Waals surface area contributed by atoms with Crippen molar-refractivity contribution in [3.63, 3.8) is 0 Å². The predicted molar refractivity (Wildman–Crippen MR) is 99.8 cm³/mol. The van der Waals surface area contributed by atoms with E-state index in [1.807, 2.05) is 25.1 Å². The first-order chi connectivity index (χ1) is 12.3. The van der Waals surface area contributed by atoms with Gasteiger partial charge in [0.15, 0.2) is 0 Å². The summed E-state index contributed by atoms with van der Waals surface area (Å²) >= 11 is 0. The van der Waals surface area contributed by atoms with Crippen molar-refractivity contribution in [1.82, 2.24) is 9.47 Å². The van der Waals surface area contributed by atoms with Gasteiger partial charge in [-0.25, -0.2) is 0 Å². The van der Waals surface area contributed by atoms with Gasteiger partial charge in [-0.2, -0.15) is 0 Å². The summed E-state index contributed by atoms with van der Waals surface area (Å²) in [7, 11) is 1.61. The van der Waals surface area contributed by atoms with Crippen LogP contribution in [0.5, 0.6) is 5.75 Å². The molecule has 1 N–H and O–H groups in total. The molecule has 0 saturated carbocycles. The molecule has 0 aliphatic carbocycles. The van der Waals surface area contributed by atoms with Crippen molar-refractivity contribution in [2.45, 2.75) is 40.2 Å². The lowest BCUT2D eigenvalue weighted by molar-refractivity contribution is -0.147. The zero-order chi connectivity index (χ0) is 19.1. The van der Waals surface area contributed by atoms with E-state index in [-0.39, 0.29) is 12.5 Å². The molecule has 2 heterocycles. The van der Waals surface area contributed by atoms with E-state index >= 15 is 0 Å². The Morgan fingerprint density at radius 1 is 1.35 bits per heavy atom. The van der Waals surface area contributed by atoms with Crippen LogP contribution in [0, 0.1) is 12.3 Å². The second-order valence-electron chi connectivity index (χ2n) is 7.34. The van der Waals surface area contributed by atoms with E-state index in [4.69, 9.17) is 4.74 Å². The van der Waals surface area contributed by atoms with E-state index in [2.05, 4.69) is 11.5 Å². The first-order valence-electron chi connectivity index (χ1n) is 9.02. The van der Waals surface area contributed by atoms with E-state index in [0.29, 0.717) is 24.3 Å². The number of carbonyl (C=O) groups excluding carboxylic acids is 1. The Morgan fingerprint density at radius 2 is 2.08 bits per heavy atom. The molecule has 1 unspecified atom stereocenters. The lowest BCUT2D eigenvalue weighted by atomic mass is 9.90. The smallest absolute Gasteiger partial charge is 0.311 e. The molecule has 0 bridgehead atoms. The third kappa shape index (κ3) is 2.83. The zero-order valence-electron chi connectivity index (χ0n) is 15.8. The van der Waals surface area contributed by atoms with Crippen LogP contribution in [0.15, 0.2) is 18.2 Å². The van der Waals surface area contributed by atoms with Crippen molar-refractivity contribution in [3.05, 3.63) is 29.5 Å². The molecule has 1 fully saturated rings. The highest BCUT2D eigenvalue weighted by molar-refractivity contribution is 6.09. The van der Waals surface area contributed by atoms with Gasteiger partial charge in [-0.1, -0.05) is 6.92 Å². The van der Waals surface area contributed by atoms with Crippen molar-refractivity contribution < 1.29 is 19.4 Å². The minimum absolute atomic E-state index is 0.0967. The van der Waals surface area contributed by atoms with Crippen LogP contribution in [0.2, 0.25) is 0 Å². The number of aliphatic carboxylic acids is 1. The lowest BCUT2D eigenvalue weighted by Crippen LogP contribution is -2.35. The molecule has 1 saturated heterocycles. The molecule has 2 aromatic rings. The number of aromatic nitrogens is 1. The summed E-state index contributed by atoms with van der Waals surface area (Å²) in [5.41, 5.74) is 1.71. The summed E-state index contributed by atoms with van der Waals surface area (Å²) in [6.07, 6.45) is 1.44. The van der Waals surface area contributed by atoms with Crippen LogP contribution in [-0.4, -0.2) is 46.6 Å². The molecule has 26 heavy (non-hydrogen) atoms. The average Bonchev–Trinajstić information content (AvgIpc) is 3.14. The van der Waals surface area contributed by atoms with Crippen molar-refractivity contribution in [3.8, 4) is 5.75 Å². The van der Waals surface area contributed by atoms with Crippen LogP contribution < -0.4 is 4.74 Å². The minimum Gasteiger partial charge on any atom is -0.497 e. The summed E-state index contributed by atoms with van der Waals surface area (Å²) in [5, 5.41) is 10.3. The Morgan fingerprint density at radius 3 is 2.65 bits per heavy atom. The maximum absolute atomic E-state index is 13.3. The van der Waals surface area contributed by atoms with Crippen LogP contribution in [0.3, 0.4) is 0 Å². The summed E-state index contributed by atoms with van der Waals surface area (Å²) < 4.78 is 7.51. The van der Waals surface area contributed by atoms with Gasteiger partial charge in [-0.15, -0.1) is 0 Å². The molecular formula is C20H26N2O4. The number of nitrogens with zero attached hydrogens (tertiary/aromatic N) is 2. The van der Waals surface area contributed by atoms with E-state index in [1.165, 1.54) is 0 Å². The molecule has 6 heteroatoms. The molecular weight excluding hydrogens is 332 g/mol. The van der Waals surface area contributed by atoms with Crippen LogP contribution >= 0.6 is 0 Å². The Hall–Kier alpha value is -2.50. The Bertz CT molecular complexity index is 870. The van der Waals surface area contributed by atoms with Crippen molar-refractivity contribution >= 4 is 22.8 Å². The maximum Gasteiger partial charge on any atom is 0.311 e. The van der Waals surface area contributed by atoms with Crippen molar-refractivity contribution in [1.29, 1.82) is 0 Å². The first-order valence-corrected chi connectivity index (χ1v) is 9.02. The summed E-state index contributed by atoms with van der Waals surface area (Å²) in [6.45, 7) is 7.31. The number of fused-ring (bicyclic) bond motifs is 1. The normalized spacial score (nSPS) is 19.9. The minimum atomic E-state index is -0.872. The first kappa shape index (κ1) is 18.3. The van der Waals surface area contributed by atoms with Gasteiger partial charge < -0.3 is 19.3 Å². The second kappa shape index (κ2) is 6.67. The van der Waals surface area contributed by atoms with Crippen molar-refractivity contribution in [2.24, 2.45) is 5.41 Å². The summed E-state index contributed by atoms with van der Waals surface area (Å²) in [5.74, 6) is -0.239. The molecule has 6 nitrogen and oxygen atoms in total. The fraction of sp³-hybridized carbons (Fsp3) is 0.500. The number of carbonyl (C=O) groups is 2. The number of hydrogen-bond acceptors (Lipinski definition) is 3.